The van der Waals surface area contributed by atoms with E-state index >= 15 is 0 Å². The summed E-state index contributed by atoms with van der Waals surface area (Å²) in [7, 11) is -2.42. The van der Waals surface area contributed by atoms with Gasteiger partial charge in [-0.1, -0.05) is 23.8 Å². The van der Waals surface area contributed by atoms with Gasteiger partial charge >= 0.3 is 8.80 Å². The van der Waals surface area contributed by atoms with Crippen LogP contribution in [0.4, 0.5) is 0 Å². The molecule has 0 aromatic rings. The molecule has 3 nitrogen and oxygen atoms in total. The van der Waals surface area contributed by atoms with Crippen molar-refractivity contribution in [3.05, 3.63) is 23.8 Å². The van der Waals surface area contributed by atoms with Crippen LogP contribution in [0.2, 0.25) is 6.04 Å². The van der Waals surface area contributed by atoms with Crippen molar-refractivity contribution in [2.75, 3.05) is 19.8 Å². The Morgan fingerprint density at radius 2 is 1.67 bits per heavy atom. The van der Waals surface area contributed by atoms with Gasteiger partial charge < -0.3 is 13.3 Å². The first-order chi connectivity index (χ1) is 8.76. The molecule has 0 radical (unpaired) electrons. The summed E-state index contributed by atoms with van der Waals surface area (Å²) in [5.41, 5.74) is 1.50. The zero-order valence-electron chi connectivity index (χ0n) is 11.9. The molecule has 1 aliphatic rings. The van der Waals surface area contributed by atoms with Gasteiger partial charge in [0.15, 0.2) is 0 Å². The summed E-state index contributed by atoms with van der Waals surface area (Å²) in [6.07, 6.45) is 9.85. The molecule has 4 heteroatoms. The Bertz CT molecular complexity index is 270. The van der Waals surface area contributed by atoms with Crippen molar-refractivity contribution in [1.29, 1.82) is 0 Å². The molecule has 0 aromatic carbocycles. The van der Waals surface area contributed by atoms with Gasteiger partial charge in [-0.2, -0.15) is 0 Å². The van der Waals surface area contributed by atoms with E-state index in [0.717, 1.165) is 25.3 Å². The lowest BCUT2D eigenvalue weighted by atomic mass is 10.1. The molecule has 0 saturated heterocycles. The van der Waals surface area contributed by atoms with Crippen LogP contribution < -0.4 is 0 Å². The average molecular weight is 270 g/mol. The highest BCUT2D eigenvalue weighted by molar-refractivity contribution is 6.60. The van der Waals surface area contributed by atoms with Crippen LogP contribution in [0.15, 0.2) is 23.8 Å². The summed E-state index contributed by atoms with van der Waals surface area (Å²) < 4.78 is 17.5. The molecular formula is C14H26O3Si. The Labute approximate surface area is 112 Å². The van der Waals surface area contributed by atoms with Crippen molar-refractivity contribution in [2.45, 2.75) is 46.1 Å². The summed E-state index contributed by atoms with van der Waals surface area (Å²) in [5.74, 6) is 0. The maximum Gasteiger partial charge on any atom is 0.500 e. The van der Waals surface area contributed by atoms with Crippen molar-refractivity contribution in [2.24, 2.45) is 0 Å². The summed E-state index contributed by atoms with van der Waals surface area (Å²) in [6, 6.07) is 0.917. The van der Waals surface area contributed by atoms with Crippen molar-refractivity contribution < 1.29 is 13.3 Å². The van der Waals surface area contributed by atoms with Gasteiger partial charge in [-0.25, -0.2) is 0 Å². The van der Waals surface area contributed by atoms with Crippen LogP contribution in [-0.2, 0) is 13.3 Å². The Morgan fingerprint density at radius 3 is 2.11 bits per heavy atom. The van der Waals surface area contributed by atoms with Crippen LogP contribution in [0.25, 0.3) is 0 Å². The molecule has 0 N–H and O–H groups in total. The molecule has 0 spiro atoms. The minimum absolute atomic E-state index is 0.663. The topological polar surface area (TPSA) is 27.7 Å². The molecule has 0 atom stereocenters. The molecule has 0 saturated carbocycles. The third kappa shape index (κ3) is 5.06. The Balaban J connectivity index is 2.42. The van der Waals surface area contributed by atoms with Crippen molar-refractivity contribution >= 4 is 8.80 Å². The van der Waals surface area contributed by atoms with E-state index in [2.05, 4.69) is 18.2 Å². The van der Waals surface area contributed by atoms with Gasteiger partial charge in [-0.3, -0.25) is 0 Å². The van der Waals surface area contributed by atoms with Gasteiger partial charge in [0.2, 0.25) is 0 Å². The second kappa shape index (κ2) is 8.64. The predicted molar refractivity (Wildman–Crippen MR) is 76.5 cm³/mol. The molecule has 1 rings (SSSR count). The molecule has 0 amide bonds. The molecule has 0 bridgehead atoms. The van der Waals surface area contributed by atoms with Gasteiger partial charge in [0.1, 0.15) is 0 Å². The highest BCUT2D eigenvalue weighted by Crippen LogP contribution is 2.23. The van der Waals surface area contributed by atoms with E-state index in [-0.39, 0.29) is 0 Å². The normalized spacial score (nSPS) is 15.2. The van der Waals surface area contributed by atoms with E-state index in [4.69, 9.17) is 13.3 Å². The lowest BCUT2D eigenvalue weighted by molar-refractivity contribution is 0.0708. The quantitative estimate of drug-likeness (QED) is 0.566. The molecule has 0 aliphatic heterocycles. The van der Waals surface area contributed by atoms with E-state index in [0.29, 0.717) is 19.8 Å². The SMILES string of the molecule is CCO[Si](CCCC1=CC=CC1)(OCC)OCC. The van der Waals surface area contributed by atoms with Gasteiger partial charge in [-0.15, -0.1) is 0 Å². The third-order valence-electron chi connectivity index (χ3n) is 2.92. The van der Waals surface area contributed by atoms with Crippen LogP contribution >= 0.6 is 0 Å². The summed E-state index contributed by atoms with van der Waals surface area (Å²) in [5, 5.41) is 0. The van der Waals surface area contributed by atoms with Crippen molar-refractivity contribution in [3.63, 3.8) is 0 Å². The average Bonchev–Trinajstić information content (AvgIpc) is 2.83. The van der Waals surface area contributed by atoms with Crippen LogP contribution in [0.3, 0.4) is 0 Å². The van der Waals surface area contributed by atoms with E-state index in [1.165, 1.54) is 5.57 Å². The number of hydrogen-bond donors (Lipinski definition) is 0. The highest BCUT2D eigenvalue weighted by Gasteiger charge is 2.39. The molecule has 18 heavy (non-hydrogen) atoms. The molecule has 0 heterocycles. The smallest absolute Gasteiger partial charge is 0.374 e. The first-order valence-electron chi connectivity index (χ1n) is 7.02. The lowest BCUT2D eigenvalue weighted by Crippen LogP contribution is -2.45. The van der Waals surface area contributed by atoms with E-state index in [1.807, 2.05) is 20.8 Å². The first-order valence-corrected chi connectivity index (χ1v) is 8.96. The van der Waals surface area contributed by atoms with Crippen molar-refractivity contribution in [1.82, 2.24) is 0 Å². The maximum absolute atomic E-state index is 5.83. The summed E-state index contributed by atoms with van der Waals surface area (Å²) in [6.45, 7) is 8.00. The Hall–Kier alpha value is -0.423. The largest absolute Gasteiger partial charge is 0.500 e. The van der Waals surface area contributed by atoms with Crippen molar-refractivity contribution in [3.8, 4) is 0 Å². The van der Waals surface area contributed by atoms with E-state index < -0.39 is 8.80 Å². The van der Waals surface area contributed by atoms with E-state index in [9.17, 15) is 0 Å². The fourth-order valence-electron chi connectivity index (χ4n) is 2.21. The van der Waals surface area contributed by atoms with Gasteiger partial charge in [-0.05, 0) is 40.0 Å². The van der Waals surface area contributed by atoms with Crippen LogP contribution in [0, 0.1) is 0 Å². The van der Waals surface area contributed by atoms with Crippen LogP contribution in [0.1, 0.15) is 40.0 Å². The van der Waals surface area contributed by atoms with Gasteiger partial charge in [0.05, 0.1) is 0 Å². The summed E-state index contributed by atoms with van der Waals surface area (Å²) in [4.78, 5) is 0. The molecule has 1 aliphatic carbocycles. The first kappa shape index (κ1) is 15.6. The van der Waals surface area contributed by atoms with E-state index in [1.54, 1.807) is 0 Å². The molecule has 104 valence electrons. The standard InChI is InChI=1S/C14H26O3Si/c1-4-15-18(16-5-2,17-6-3)13-9-12-14-10-7-8-11-14/h7-8,10H,4-6,9,11-13H2,1-3H3. The number of rotatable bonds is 10. The Kier molecular flexibility index (Phi) is 7.50. The summed E-state index contributed by atoms with van der Waals surface area (Å²) >= 11 is 0. The van der Waals surface area contributed by atoms with Gasteiger partial charge in [0, 0.05) is 25.9 Å². The minimum Gasteiger partial charge on any atom is -0.374 e. The molecule has 0 unspecified atom stereocenters. The predicted octanol–water partition coefficient (Wildman–Crippen LogP) is 3.70. The number of allylic oxidation sites excluding steroid dienone is 4. The molecule has 0 aromatic heterocycles. The van der Waals surface area contributed by atoms with Gasteiger partial charge in [0.25, 0.3) is 0 Å². The third-order valence-corrected chi connectivity index (χ3v) is 6.07. The van der Waals surface area contributed by atoms with Crippen LogP contribution in [-0.4, -0.2) is 28.6 Å². The number of hydrogen-bond acceptors (Lipinski definition) is 3. The second-order valence-electron chi connectivity index (χ2n) is 4.29. The lowest BCUT2D eigenvalue weighted by Gasteiger charge is -2.28. The maximum atomic E-state index is 5.83. The highest BCUT2D eigenvalue weighted by atomic mass is 28.4. The monoisotopic (exact) mass is 270 g/mol. The zero-order valence-corrected chi connectivity index (χ0v) is 12.9. The fraction of sp³-hybridized carbons (Fsp3) is 0.714. The molecule has 0 fully saturated rings. The van der Waals surface area contributed by atoms with Crippen LogP contribution in [0.5, 0.6) is 0 Å². The zero-order chi connectivity index (χ0) is 13.3. The Morgan fingerprint density at radius 1 is 1.06 bits per heavy atom. The minimum atomic E-state index is -2.42. The second-order valence-corrected chi connectivity index (χ2v) is 7.02. The molecular weight excluding hydrogens is 244 g/mol. The fourth-order valence-corrected chi connectivity index (χ4v) is 4.82.